The van der Waals surface area contributed by atoms with Crippen molar-refractivity contribution in [3.63, 3.8) is 0 Å². The Morgan fingerprint density at radius 1 is 1.04 bits per heavy atom. The van der Waals surface area contributed by atoms with Gasteiger partial charge >= 0.3 is 0 Å². The van der Waals surface area contributed by atoms with E-state index in [1.807, 2.05) is 61.5 Å². The fourth-order valence-electron chi connectivity index (χ4n) is 3.39. The number of rotatable bonds is 4. The third kappa shape index (κ3) is 4.25. The van der Waals surface area contributed by atoms with Crippen LogP contribution in [-0.2, 0) is 10.0 Å². The predicted octanol–water partition coefficient (Wildman–Crippen LogP) is 4.89. The summed E-state index contributed by atoms with van der Waals surface area (Å²) in [4.78, 5) is 0.374. The first kappa shape index (κ1) is 18.9. The Kier molecular flexibility index (Phi) is 5.35. The van der Waals surface area contributed by atoms with Crippen LogP contribution in [0.3, 0.4) is 0 Å². The highest BCUT2D eigenvalue weighted by atomic mass is 32.2. The summed E-state index contributed by atoms with van der Waals surface area (Å²) in [6.45, 7) is 6.78. The van der Waals surface area contributed by atoms with Crippen LogP contribution in [0.4, 0.5) is 0 Å². The van der Waals surface area contributed by atoms with E-state index in [2.05, 4.69) is 13.8 Å². The normalized spacial score (nSPS) is 21.1. The molecule has 4 heteroatoms. The average Bonchev–Trinajstić information content (AvgIpc) is 2.61. The second kappa shape index (κ2) is 7.37. The van der Waals surface area contributed by atoms with Crippen molar-refractivity contribution in [2.24, 2.45) is 5.41 Å². The smallest absolute Gasteiger partial charge is 0.207 e. The summed E-state index contributed by atoms with van der Waals surface area (Å²) >= 11 is 0. The molecule has 26 heavy (non-hydrogen) atoms. The zero-order valence-corrected chi connectivity index (χ0v) is 16.5. The summed E-state index contributed by atoms with van der Waals surface area (Å²) in [6, 6.07) is 17.0. The fourth-order valence-corrected chi connectivity index (χ4v) is 5.19. The number of hydrogen-bond donors (Lipinski definition) is 0. The third-order valence-corrected chi connectivity index (χ3v) is 6.89. The van der Waals surface area contributed by atoms with E-state index in [-0.39, 0.29) is 11.5 Å². The molecule has 138 valence electrons. The molecule has 0 amide bonds. The molecule has 3 nitrogen and oxygen atoms in total. The first-order valence-corrected chi connectivity index (χ1v) is 10.5. The molecule has 1 atom stereocenters. The van der Waals surface area contributed by atoms with Crippen molar-refractivity contribution >= 4 is 16.1 Å². The lowest BCUT2D eigenvalue weighted by atomic mass is 9.82. The molecule has 1 aliphatic rings. The summed E-state index contributed by atoms with van der Waals surface area (Å²) in [6.07, 6.45) is 5.91. The third-order valence-electron chi connectivity index (χ3n) is 5.01. The largest absolute Gasteiger partial charge is 0.243 e. The summed E-state index contributed by atoms with van der Waals surface area (Å²) in [7, 11) is -3.52. The topological polar surface area (TPSA) is 37.4 Å². The highest BCUT2D eigenvalue weighted by Gasteiger charge is 2.39. The van der Waals surface area contributed by atoms with E-state index in [9.17, 15) is 8.42 Å². The number of piperidine rings is 1. The molecule has 1 unspecified atom stereocenters. The van der Waals surface area contributed by atoms with E-state index in [1.165, 1.54) is 0 Å². The molecular formula is C22H27NO2S. The van der Waals surface area contributed by atoms with Gasteiger partial charge in [0.2, 0.25) is 10.0 Å². The van der Waals surface area contributed by atoms with Gasteiger partial charge in [-0.15, -0.1) is 0 Å². The van der Waals surface area contributed by atoms with Crippen molar-refractivity contribution in [2.45, 2.75) is 44.6 Å². The summed E-state index contributed by atoms with van der Waals surface area (Å²) < 4.78 is 28.3. The molecule has 0 bridgehead atoms. The van der Waals surface area contributed by atoms with Crippen LogP contribution in [0.1, 0.15) is 37.8 Å². The number of benzene rings is 2. The monoisotopic (exact) mass is 369 g/mol. The van der Waals surface area contributed by atoms with Gasteiger partial charge < -0.3 is 0 Å². The van der Waals surface area contributed by atoms with Gasteiger partial charge in [0.15, 0.2) is 0 Å². The Morgan fingerprint density at radius 2 is 1.69 bits per heavy atom. The second-order valence-electron chi connectivity index (χ2n) is 7.90. The van der Waals surface area contributed by atoms with Crippen LogP contribution in [0, 0.1) is 12.3 Å². The molecule has 0 aromatic heterocycles. The number of aryl methyl sites for hydroxylation is 1. The van der Waals surface area contributed by atoms with E-state index in [0.29, 0.717) is 11.4 Å². The van der Waals surface area contributed by atoms with E-state index < -0.39 is 10.0 Å². The zero-order chi connectivity index (χ0) is 18.8. The van der Waals surface area contributed by atoms with Crippen LogP contribution in [0.2, 0.25) is 0 Å². The lowest BCUT2D eigenvalue weighted by Gasteiger charge is -2.41. The Bertz CT molecular complexity index is 868. The van der Waals surface area contributed by atoms with Gasteiger partial charge in [-0.05, 0) is 42.9 Å². The molecular weight excluding hydrogens is 342 g/mol. The van der Waals surface area contributed by atoms with Crippen LogP contribution >= 0.6 is 0 Å². The zero-order valence-electron chi connectivity index (χ0n) is 15.7. The molecule has 1 heterocycles. The van der Waals surface area contributed by atoms with Gasteiger partial charge in [0.05, 0.1) is 4.90 Å². The van der Waals surface area contributed by atoms with Crippen molar-refractivity contribution in [2.75, 3.05) is 6.54 Å². The number of sulfonamides is 1. The number of hydrogen-bond acceptors (Lipinski definition) is 2. The minimum atomic E-state index is -3.52. The number of nitrogens with zero attached hydrogens (tertiary/aromatic N) is 1. The van der Waals surface area contributed by atoms with Gasteiger partial charge in [0, 0.05) is 12.6 Å². The molecule has 2 aromatic rings. The lowest BCUT2D eigenvalue weighted by Crippen LogP contribution is -2.48. The summed E-state index contributed by atoms with van der Waals surface area (Å²) in [5.74, 6) is 0. The highest BCUT2D eigenvalue weighted by Crippen LogP contribution is 2.36. The minimum Gasteiger partial charge on any atom is -0.207 e. The van der Waals surface area contributed by atoms with Crippen molar-refractivity contribution in [1.29, 1.82) is 0 Å². The van der Waals surface area contributed by atoms with E-state index in [4.69, 9.17) is 0 Å². The van der Waals surface area contributed by atoms with Gasteiger partial charge in [0.1, 0.15) is 0 Å². The fraction of sp³-hybridized carbons (Fsp3) is 0.364. The molecule has 0 saturated carbocycles. The van der Waals surface area contributed by atoms with Gasteiger partial charge in [-0.3, -0.25) is 0 Å². The maximum atomic E-state index is 13.3. The molecule has 1 fully saturated rings. The maximum absolute atomic E-state index is 13.3. The first-order valence-electron chi connectivity index (χ1n) is 9.10. The standard InChI is InChI=1S/C22H27NO2S/c1-18-9-13-21(14-10-18)26(24,25)23-17-22(2,3)16-15-20(23)12-11-19-7-5-4-6-8-19/h4-14,20H,15-17H2,1-3H3/b12-11+. The van der Waals surface area contributed by atoms with E-state index in [0.717, 1.165) is 24.0 Å². The molecule has 0 radical (unpaired) electrons. The van der Waals surface area contributed by atoms with Gasteiger partial charge in [0.25, 0.3) is 0 Å². The quantitative estimate of drug-likeness (QED) is 0.770. The van der Waals surface area contributed by atoms with Crippen molar-refractivity contribution in [3.8, 4) is 0 Å². The van der Waals surface area contributed by atoms with Crippen LogP contribution in [0.25, 0.3) is 6.08 Å². The van der Waals surface area contributed by atoms with Crippen LogP contribution in [0.15, 0.2) is 65.6 Å². The van der Waals surface area contributed by atoms with Crippen LogP contribution in [-0.4, -0.2) is 25.3 Å². The molecule has 2 aromatic carbocycles. The maximum Gasteiger partial charge on any atom is 0.243 e. The summed E-state index contributed by atoms with van der Waals surface area (Å²) in [5, 5.41) is 0. The lowest BCUT2D eigenvalue weighted by molar-refractivity contribution is 0.156. The summed E-state index contributed by atoms with van der Waals surface area (Å²) in [5.41, 5.74) is 2.13. The Morgan fingerprint density at radius 3 is 2.35 bits per heavy atom. The molecule has 0 spiro atoms. The minimum absolute atomic E-state index is 0.0190. The van der Waals surface area contributed by atoms with E-state index >= 15 is 0 Å². The Hall–Kier alpha value is -1.91. The van der Waals surface area contributed by atoms with Crippen LogP contribution in [0.5, 0.6) is 0 Å². The van der Waals surface area contributed by atoms with Crippen molar-refractivity contribution < 1.29 is 8.42 Å². The molecule has 3 rings (SSSR count). The van der Waals surface area contributed by atoms with Gasteiger partial charge in [-0.2, -0.15) is 4.31 Å². The van der Waals surface area contributed by atoms with Gasteiger partial charge in [-0.25, -0.2) is 8.42 Å². The van der Waals surface area contributed by atoms with Crippen LogP contribution < -0.4 is 0 Å². The first-order chi connectivity index (χ1) is 12.3. The Labute approximate surface area is 157 Å². The molecule has 1 aliphatic heterocycles. The SMILES string of the molecule is Cc1ccc(S(=O)(=O)N2CC(C)(C)CCC2/C=C/c2ccccc2)cc1. The predicted molar refractivity (Wildman–Crippen MR) is 107 cm³/mol. The molecule has 0 aliphatic carbocycles. The van der Waals surface area contributed by atoms with Crippen molar-refractivity contribution in [3.05, 3.63) is 71.8 Å². The van der Waals surface area contributed by atoms with E-state index in [1.54, 1.807) is 16.4 Å². The molecule has 0 N–H and O–H groups in total. The Balaban J connectivity index is 1.93. The molecule has 1 saturated heterocycles. The average molecular weight is 370 g/mol. The van der Waals surface area contributed by atoms with Crippen molar-refractivity contribution in [1.82, 2.24) is 4.31 Å². The van der Waals surface area contributed by atoms with Gasteiger partial charge in [-0.1, -0.05) is 74.0 Å². The second-order valence-corrected chi connectivity index (χ2v) is 9.79. The highest BCUT2D eigenvalue weighted by molar-refractivity contribution is 7.89.